The van der Waals surface area contributed by atoms with Crippen LogP contribution in [0.2, 0.25) is 0 Å². The molecule has 0 bridgehead atoms. The zero-order valence-electron chi connectivity index (χ0n) is 10.8. The second-order valence-corrected chi connectivity index (χ2v) is 4.94. The molecule has 1 aromatic heterocycles. The maximum atomic E-state index is 9.04. The predicted molar refractivity (Wildman–Crippen MR) is 72.1 cm³/mol. The Kier molecular flexibility index (Phi) is 5.11. The fraction of sp³-hybridized carbons (Fsp3) is 0.643. The maximum Gasteiger partial charge on any atom is 0.0488 e. The van der Waals surface area contributed by atoms with Gasteiger partial charge in [0.1, 0.15) is 0 Å². The van der Waals surface area contributed by atoms with Gasteiger partial charge in [-0.05, 0) is 30.9 Å². The van der Waals surface area contributed by atoms with Crippen LogP contribution in [-0.2, 0) is 0 Å². The van der Waals surface area contributed by atoms with E-state index in [1.165, 1.54) is 24.8 Å². The van der Waals surface area contributed by atoms with Gasteiger partial charge >= 0.3 is 0 Å². The van der Waals surface area contributed by atoms with Crippen molar-refractivity contribution in [1.82, 2.24) is 9.88 Å². The van der Waals surface area contributed by atoms with Crippen molar-refractivity contribution in [1.29, 1.82) is 0 Å². The van der Waals surface area contributed by atoms with Crippen LogP contribution in [-0.4, -0.2) is 40.7 Å². The number of aliphatic hydroxyl groups excluding tert-OH is 1. The van der Waals surface area contributed by atoms with Gasteiger partial charge in [0.2, 0.25) is 0 Å². The molecule has 1 fully saturated rings. The smallest absolute Gasteiger partial charge is 0.0488 e. The number of aromatic nitrogens is 1. The highest BCUT2D eigenvalue weighted by atomic mass is 16.3. The van der Waals surface area contributed by atoms with Crippen molar-refractivity contribution in [2.45, 2.75) is 37.8 Å². The molecule has 0 aliphatic heterocycles. The molecule has 4 heteroatoms. The third-order valence-electron chi connectivity index (χ3n) is 3.81. The number of hydrogen-bond acceptors (Lipinski definition) is 4. The monoisotopic (exact) mass is 249 g/mol. The first-order valence-corrected chi connectivity index (χ1v) is 6.83. The largest absolute Gasteiger partial charge is 0.396 e. The molecule has 18 heavy (non-hydrogen) atoms. The Balaban J connectivity index is 2.10. The third kappa shape index (κ3) is 3.07. The molecule has 1 aromatic rings. The lowest BCUT2D eigenvalue weighted by atomic mass is 9.89. The van der Waals surface area contributed by atoms with Gasteiger partial charge in [-0.15, -0.1) is 0 Å². The van der Waals surface area contributed by atoms with Crippen LogP contribution in [0.15, 0.2) is 24.5 Å². The van der Waals surface area contributed by atoms with Crippen molar-refractivity contribution in [3.63, 3.8) is 0 Å². The summed E-state index contributed by atoms with van der Waals surface area (Å²) in [6.45, 7) is 1.76. The summed E-state index contributed by atoms with van der Waals surface area (Å²) in [5.41, 5.74) is 7.15. The van der Waals surface area contributed by atoms with E-state index in [2.05, 4.69) is 16.0 Å². The minimum atomic E-state index is 0.232. The molecule has 0 saturated heterocycles. The fourth-order valence-electron chi connectivity index (χ4n) is 2.60. The molecule has 0 amide bonds. The molecule has 4 nitrogen and oxygen atoms in total. The molecule has 0 spiro atoms. The van der Waals surface area contributed by atoms with Crippen molar-refractivity contribution >= 4 is 0 Å². The average molecular weight is 249 g/mol. The molecular formula is C14H23N3O. The quantitative estimate of drug-likeness (QED) is 0.765. The van der Waals surface area contributed by atoms with Gasteiger partial charge in [-0.25, -0.2) is 0 Å². The predicted octanol–water partition coefficient (Wildman–Crippen LogP) is 1.32. The third-order valence-corrected chi connectivity index (χ3v) is 3.81. The van der Waals surface area contributed by atoms with E-state index in [9.17, 15) is 0 Å². The molecule has 1 saturated carbocycles. The van der Waals surface area contributed by atoms with Crippen LogP contribution in [0.3, 0.4) is 0 Å². The van der Waals surface area contributed by atoms with Crippen molar-refractivity contribution in [3.8, 4) is 0 Å². The number of nitrogens with zero attached hydrogens (tertiary/aromatic N) is 2. The van der Waals surface area contributed by atoms with E-state index in [4.69, 9.17) is 10.8 Å². The number of nitrogens with two attached hydrogens (primary N) is 1. The van der Waals surface area contributed by atoms with Gasteiger partial charge in [0.05, 0.1) is 0 Å². The molecule has 1 heterocycles. The first-order chi connectivity index (χ1) is 8.86. The van der Waals surface area contributed by atoms with Crippen LogP contribution >= 0.6 is 0 Å². The molecule has 0 aromatic carbocycles. The number of pyridine rings is 1. The molecule has 1 unspecified atom stereocenters. The minimum Gasteiger partial charge on any atom is -0.396 e. The summed E-state index contributed by atoms with van der Waals surface area (Å²) < 4.78 is 0. The summed E-state index contributed by atoms with van der Waals surface area (Å²) in [6.07, 6.45) is 8.32. The highest BCUT2D eigenvalue weighted by molar-refractivity contribution is 5.15. The van der Waals surface area contributed by atoms with Gasteiger partial charge in [-0.1, -0.05) is 12.5 Å². The van der Waals surface area contributed by atoms with E-state index in [-0.39, 0.29) is 12.6 Å². The van der Waals surface area contributed by atoms with Gasteiger partial charge in [0.25, 0.3) is 0 Å². The summed E-state index contributed by atoms with van der Waals surface area (Å²) in [6, 6.07) is 4.92. The molecule has 1 aliphatic rings. The first-order valence-electron chi connectivity index (χ1n) is 6.83. The Labute approximate surface area is 109 Å². The Bertz CT molecular complexity index is 340. The average Bonchev–Trinajstić information content (AvgIpc) is 2.35. The maximum absolute atomic E-state index is 9.04. The highest BCUT2D eigenvalue weighted by Gasteiger charge is 2.30. The molecule has 1 atom stereocenters. The van der Waals surface area contributed by atoms with E-state index in [1.54, 1.807) is 6.20 Å². The van der Waals surface area contributed by atoms with E-state index in [1.807, 2.05) is 12.3 Å². The van der Waals surface area contributed by atoms with Gasteiger partial charge in [0.15, 0.2) is 0 Å². The van der Waals surface area contributed by atoms with Crippen molar-refractivity contribution in [3.05, 3.63) is 30.1 Å². The van der Waals surface area contributed by atoms with Crippen LogP contribution in [0.4, 0.5) is 0 Å². The summed E-state index contributed by atoms with van der Waals surface area (Å²) >= 11 is 0. The van der Waals surface area contributed by atoms with Crippen LogP contribution in [0.25, 0.3) is 0 Å². The molecule has 1 aliphatic carbocycles. The Morgan fingerprint density at radius 2 is 2.33 bits per heavy atom. The topological polar surface area (TPSA) is 62.4 Å². The zero-order valence-corrected chi connectivity index (χ0v) is 10.8. The Hall–Kier alpha value is -0.970. The van der Waals surface area contributed by atoms with Gasteiger partial charge in [-0.3, -0.25) is 9.88 Å². The van der Waals surface area contributed by atoms with E-state index < -0.39 is 0 Å². The lowest BCUT2D eigenvalue weighted by Crippen LogP contribution is -2.45. The molecule has 100 valence electrons. The zero-order chi connectivity index (χ0) is 12.8. The SMILES string of the molecule is NCC(c1cccnc1)N(CCCO)C1CCC1. The minimum absolute atomic E-state index is 0.232. The Morgan fingerprint density at radius 3 is 2.83 bits per heavy atom. The molecular weight excluding hydrogens is 226 g/mol. The van der Waals surface area contributed by atoms with Crippen LogP contribution in [0, 0.1) is 0 Å². The Morgan fingerprint density at radius 1 is 1.50 bits per heavy atom. The second kappa shape index (κ2) is 6.83. The van der Waals surface area contributed by atoms with Gasteiger partial charge < -0.3 is 10.8 Å². The van der Waals surface area contributed by atoms with Crippen molar-refractivity contribution in [2.75, 3.05) is 19.7 Å². The van der Waals surface area contributed by atoms with Crippen LogP contribution in [0.1, 0.15) is 37.3 Å². The standard InChI is InChI=1S/C14H23N3O/c15-10-14(12-4-2-7-16-11-12)17(8-3-9-18)13-5-1-6-13/h2,4,7,11,13-14,18H,1,3,5-6,8-10,15H2. The summed E-state index contributed by atoms with van der Waals surface area (Å²) in [5, 5.41) is 9.04. The fourth-order valence-corrected chi connectivity index (χ4v) is 2.60. The van der Waals surface area contributed by atoms with E-state index in [0.29, 0.717) is 12.6 Å². The van der Waals surface area contributed by atoms with Crippen molar-refractivity contribution < 1.29 is 5.11 Å². The molecule has 0 radical (unpaired) electrons. The second-order valence-electron chi connectivity index (χ2n) is 4.94. The first kappa shape index (κ1) is 13.5. The number of hydrogen-bond donors (Lipinski definition) is 2. The summed E-state index contributed by atoms with van der Waals surface area (Å²) in [4.78, 5) is 6.64. The van der Waals surface area contributed by atoms with Crippen LogP contribution in [0.5, 0.6) is 0 Å². The van der Waals surface area contributed by atoms with Crippen molar-refractivity contribution in [2.24, 2.45) is 5.73 Å². The number of aliphatic hydroxyl groups is 1. The van der Waals surface area contributed by atoms with E-state index >= 15 is 0 Å². The highest BCUT2D eigenvalue weighted by Crippen LogP contribution is 2.31. The van der Waals surface area contributed by atoms with Crippen LogP contribution < -0.4 is 5.73 Å². The lowest BCUT2D eigenvalue weighted by Gasteiger charge is -2.42. The summed E-state index contributed by atoms with van der Waals surface area (Å²) in [7, 11) is 0. The van der Waals surface area contributed by atoms with E-state index in [0.717, 1.165) is 13.0 Å². The van der Waals surface area contributed by atoms with Gasteiger partial charge in [-0.2, -0.15) is 0 Å². The van der Waals surface area contributed by atoms with Gasteiger partial charge in [0, 0.05) is 44.2 Å². The summed E-state index contributed by atoms with van der Waals surface area (Å²) in [5.74, 6) is 0. The normalized spacial score (nSPS) is 17.7. The lowest BCUT2D eigenvalue weighted by molar-refractivity contribution is 0.0741. The molecule has 2 rings (SSSR count). The molecule has 3 N–H and O–H groups in total. The number of rotatable bonds is 7.